The Morgan fingerprint density at radius 1 is 0.743 bits per heavy atom. The number of methoxy groups -OCH3 is 2. The Balaban J connectivity index is 0.000000195. The van der Waals surface area contributed by atoms with Crippen LogP contribution in [0.3, 0.4) is 0 Å². The van der Waals surface area contributed by atoms with Crippen molar-refractivity contribution in [2.45, 2.75) is 155 Å². The minimum atomic E-state index is -1.99. The molecule has 0 aromatic carbocycles. The molecule has 0 spiro atoms. The Labute approximate surface area is 444 Å². The van der Waals surface area contributed by atoms with E-state index >= 15 is 0 Å². The highest BCUT2D eigenvalue weighted by atomic mass is 32.1. The van der Waals surface area contributed by atoms with E-state index in [0.717, 1.165) is 99.5 Å². The maximum Gasteiger partial charge on any atom is 0.407 e. The number of nitrogens with zero attached hydrogens (tertiary/aromatic N) is 10. The molecule has 2 saturated heterocycles. The van der Waals surface area contributed by atoms with Gasteiger partial charge < -0.3 is 44.6 Å². The molecule has 0 bridgehead atoms. The molecule has 0 unspecified atom stereocenters. The fraction of sp³-hybridized carbons (Fsp3) is 0.642. The van der Waals surface area contributed by atoms with Gasteiger partial charge in [-0.3, -0.25) is 0 Å². The van der Waals surface area contributed by atoms with E-state index in [1.165, 1.54) is 0 Å². The van der Waals surface area contributed by atoms with Crippen molar-refractivity contribution in [3.8, 4) is 34.3 Å². The Morgan fingerprint density at radius 3 is 1.72 bits per heavy atom. The summed E-state index contributed by atoms with van der Waals surface area (Å²) in [5, 5.41) is 25.2. The number of aliphatic hydroxyl groups is 1. The van der Waals surface area contributed by atoms with Gasteiger partial charge in [0.2, 0.25) is 31.9 Å². The molecule has 4 aliphatic rings. The average molecular weight is 1070 g/mol. The van der Waals surface area contributed by atoms with Gasteiger partial charge in [0, 0.05) is 61.7 Å². The number of imidazole rings is 2. The minimum Gasteiger partial charge on any atom is -0.480 e. The quantitative estimate of drug-likeness (QED) is 0.103. The van der Waals surface area contributed by atoms with Crippen LogP contribution in [0.4, 0.5) is 15.1 Å². The van der Waals surface area contributed by atoms with Crippen LogP contribution in [0.1, 0.15) is 118 Å². The number of amides is 1. The van der Waals surface area contributed by atoms with Gasteiger partial charge in [-0.1, -0.05) is 71.1 Å². The van der Waals surface area contributed by atoms with Gasteiger partial charge in [0.25, 0.3) is 0 Å². The van der Waals surface area contributed by atoms with Crippen molar-refractivity contribution in [3.05, 3.63) is 48.0 Å². The number of ether oxygens (including phenoxy) is 3. The van der Waals surface area contributed by atoms with Crippen LogP contribution in [0.5, 0.6) is 11.8 Å². The van der Waals surface area contributed by atoms with Crippen molar-refractivity contribution < 1.29 is 28.5 Å². The first-order valence-electron chi connectivity index (χ1n) is 26.3. The summed E-state index contributed by atoms with van der Waals surface area (Å²) in [7, 11) is 1.30. The second kappa shape index (κ2) is 20.9. The standard InChI is InChI=1S/C32H50N6O4SSi.C21H28N6O2S/c1-19(2)24-13-12-22(27(34-24)40-9)26-16-33-28-38(26)36-29(43-28)37-17-20-14-21(42-44(10,11)32(6,7)8)15-25(23(20)18-37)35-30(39)41-31(3,4)5;1-11(2)17-5-4-14(19(24-17)29-3)18-8-23-20-27(18)25-21(30-20)26-9-12-6-13(28)7-16(22)15(12)10-26/h12-13,16,19-21,23,25H,14-15,17-18H2,1-11H3,(H,35,39);4-5,8,11-13,15-16,28H,6-7,9-10,22H2,1-3H3/t20-,21-,23+,25-;12-,13-,15+,16-/m11/s1. The van der Waals surface area contributed by atoms with E-state index in [0.29, 0.717) is 47.8 Å². The third-order valence-corrected chi connectivity index (χ3v) is 22.3. The lowest BCUT2D eigenvalue weighted by molar-refractivity contribution is 0.0350. The molecule has 2 aliphatic carbocycles. The minimum absolute atomic E-state index is 0.0437. The highest BCUT2D eigenvalue weighted by Crippen LogP contribution is 2.45. The van der Waals surface area contributed by atoms with Crippen LogP contribution in [-0.2, 0) is 9.16 Å². The van der Waals surface area contributed by atoms with Crippen LogP contribution in [0.15, 0.2) is 36.7 Å². The molecule has 2 aliphatic heterocycles. The van der Waals surface area contributed by atoms with E-state index in [9.17, 15) is 9.90 Å². The Kier molecular flexibility index (Phi) is 15.2. The lowest BCUT2D eigenvalue weighted by Gasteiger charge is -2.44. The molecule has 8 atom stereocenters. The smallest absolute Gasteiger partial charge is 0.407 e. The number of aliphatic hydroxyl groups excluding tert-OH is 1. The maximum absolute atomic E-state index is 13.0. The Bertz CT molecular complexity index is 2940. The molecule has 4 fully saturated rings. The van der Waals surface area contributed by atoms with Crippen molar-refractivity contribution in [1.29, 1.82) is 0 Å². The number of carbonyl (C=O) groups excluding carboxylic acids is 1. The lowest BCUT2D eigenvalue weighted by Crippen LogP contribution is -2.53. The van der Waals surface area contributed by atoms with Crippen LogP contribution in [0.25, 0.3) is 32.4 Å². The zero-order valence-corrected chi connectivity index (χ0v) is 48.4. The van der Waals surface area contributed by atoms with Gasteiger partial charge in [0.05, 0.1) is 55.2 Å². The summed E-state index contributed by atoms with van der Waals surface area (Å²) >= 11 is 3.16. The molecule has 10 rings (SSSR count). The van der Waals surface area contributed by atoms with Gasteiger partial charge in [-0.05, 0) is 118 Å². The van der Waals surface area contributed by atoms with E-state index in [2.05, 4.69) is 86.6 Å². The monoisotopic (exact) mass is 1070 g/mol. The van der Waals surface area contributed by atoms with Gasteiger partial charge >= 0.3 is 6.09 Å². The molecule has 2 saturated carbocycles. The number of rotatable bonds is 11. The molecule has 402 valence electrons. The predicted molar refractivity (Wildman–Crippen MR) is 296 cm³/mol. The Morgan fingerprint density at radius 2 is 1.24 bits per heavy atom. The van der Waals surface area contributed by atoms with Crippen molar-refractivity contribution >= 4 is 57.3 Å². The molecule has 4 N–H and O–H groups in total. The number of fused-ring (bicyclic) bond motifs is 4. The number of aromatic nitrogens is 8. The first-order valence-corrected chi connectivity index (χ1v) is 30.8. The van der Waals surface area contributed by atoms with E-state index in [1.54, 1.807) is 36.9 Å². The number of hydrogen-bond donors (Lipinski definition) is 3. The summed E-state index contributed by atoms with van der Waals surface area (Å²) in [6, 6.07) is 8.17. The molecule has 21 heteroatoms. The van der Waals surface area contributed by atoms with Crippen LogP contribution < -0.4 is 30.3 Å². The van der Waals surface area contributed by atoms with Crippen molar-refractivity contribution in [2.24, 2.45) is 29.4 Å². The SMILES string of the molecule is COc1nc(C(C)C)ccc1-c1cnc2sc(N3C[C@H]4C[C@@H](O)C[C@@H](N)[C@H]4C3)nn12.COc1nc(C(C)C)ccc1-c1cnc2sc(N3C[C@H]4C[C@@H](O[Si](C)(C)C(C)(C)C)C[C@@H](NC(=O)OC(C)(C)C)[C@H]4C3)nn12. The molecule has 8 heterocycles. The zero-order valence-electron chi connectivity index (χ0n) is 45.7. The highest BCUT2D eigenvalue weighted by molar-refractivity contribution is 7.20. The second-order valence-corrected chi connectivity index (χ2v) is 30.6. The summed E-state index contributed by atoms with van der Waals surface area (Å²) in [6.45, 7) is 29.0. The maximum atomic E-state index is 13.0. The van der Waals surface area contributed by atoms with E-state index in [4.69, 9.17) is 44.5 Å². The molecule has 0 radical (unpaired) electrons. The Hall–Kier alpha value is -4.93. The molecule has 1 amide bonds. The van der Waals surface area contributed by atoms with Crippen LogP contribution >= 0.6 is 22.7 Å². The van der Waals surface area contributed by atoms with Gasteiger partial charge in [-0.2, -0.15) is 0 Å². The second-order valence-electron chi connectivity index (χ2n) is 24.0. The van der Waals surface area contributed by atoms with Gasteiger partial charge in [-0.25, -0.2) is 33.8 Å². The number of nitrogens with two attached hydrogens (primary N) is 1. The first-order chi connectivity index (χ1) is 34.9. The van der Waals surface area contributed by atoms with Crippen molar-refractivity contribution in [1.82, 2.24) is 44.5 Å². The lowest BCUT2D eigenvalue weighted by atomic mass is 9.76. The summed E-state index contributed by atoms with van der Waals surface area (Å²) in [5.41, 5.74) is 11.2. The number of anilines is 2. The largest absolute Gasteiger partial charge is 0.480 e. The summed E-state index contributed by atoms with van der Waals surface area (Å²) in [6.07, 6.45) is 6.38. The number of pyridine rings is 2. The van der Waals surface area contributed by atoms with Gasteiger partial charge in [-0.15, -0.1) is 10.2 Å². The highest BCUT2D eigenvalue weighted by Gasteiger charge is 2.49. The van der Waals surface area contributed by atoms with E-state index < -0.39 is 13.9 Å². The average Bonchev–Trinajstić information content (AvgIpc) is 4.18. The molecule has 6 aromatic rings. The molecule has 74 heavy (non-hydrogen) atoms. The fourth-order valence-corrected chi connectivity index (χ4v) is 14.1. The fourth-order valence-electron chi connectivity index (χ4n) is 10.9. The number of alkyl carbamates (subject to hydrolysis) is 1. The van der Waals surface area contributed by atoms with Crippen LogP contribution in [0, 0.1) is 23.7 Å². The molecule has 6 aromatic heterocycles. The first kappa shape index (κ1) is 53.9. The predicted octanol–water partition coefficient (Wildman–Crippen LogP) is 9.63. The van der Waals surface area contributed by atoms with Crippen molar-refractivity contribution in [3.63, 3.8) is 0 Å². The summed E-state index contributed by atoms with van der Waals surface area (Å²) in [4.78, 5) is 38.0. The van der Waals surface area contributed by atoms with E-state index in [1.807, 2.05) is 66.5 Å². The topological polar surface area (TPSA) is 205 Å². The van der Waals surface area contributed by atoms with Crippen LogP contribution in [-0.4, -0.2) is 129 Å². The van der Waals surface area contributed by atoms with Crippen molar-refractivity contribution in [2.75, 3.05) is 50.2 Å². The normalized spacial score (nSPS) is 24.4. The van der Waals surface area contributed by atoms with Gasteiger partial charge in [0.1, 0.15) is 5.60 Å². The summed E-state index contributed by atoms with van der Waals surface area (Å²) in [5.74, 6) is 3.26. The molecular weight excluding hydrogens is 993 g/mol. The van der Waals surface area contributed by atoms with Gasteiger partial charge in [0.15, 0.2) is 8.32 Å². The molecule has 18 nitrogen and oxygen atoms in total. The number of nitrogens with one attached hydrogen (secondary N) is 1. The third kappa shape index (κ3) is 11.1. The number of carbonyl (C=O) groups is 1. The number of hydrogen-bond acceptors (Lipinski definition) is 17. The molecular formula is C53H78N12O6S2Si. The zero-order chi connectivity index (χ0) is 53.2. The third-order valence-electron chi connectivity index (χ3n) is 15.8. The van der Waals surface area contributed by atoms with Crippen LogP contribution in [0.2, 0.25) is 18.1 Å². The van der Waals surface area contributed by atoms with E-state index in [-0.39, 0.29) is 41.3 Å². The summed E-state index contributed by atoms with van der Waals surface area (Å²) < 4.78 is 27.6.